The first-order chi connectivity index (χ1) is 11.8. The summed E-state index contributed by atoms with van der Waals surface area (Å²) in [4.78, 5) is 23.3. The predicted molar refractivity (Wildman–Crippen MR) is 94.2 cm³/mol. The van der Waals surface area contributed by atoms with Crippen LogP contribution in [0.15, 0.2) is 48.5 Å². The summed E-state index contributed by atoms with van der Waals surface area (Å²) in [6.07, 6.45) is -0.521. The molecule has 0 unspecified atom stereocenters. The lowest BCUT2D eigenvalue weighted by Gasteiger charge is -2.19. The zero-order valence-electron chi connectivity index (χ0n) is 14.7. The van der Waals surface area contributed by atoms with Gasteiger partial charge in [0.15, 0.2) is 0 Å². The third-order valence-corrected chi connectivity index (χ3v) is 2.99. The van der Waals surface area contributed by atoms with Crippen LogP contribution < -0.4 is 10.1 Å². The fourth-order valence-corrected chi connectivity index (χ4v) is 1.97. The molecule has 0 saturated heterocycles. The van der Waals surface area contributed by atoms with Gasteiger partial charge in [-0.15, -0.1) is 0 Å². The highest BCUT2D eigenvalue weighted by Gasteiger charge is 2.16. The molecule has 2 rings (SSSR count). The molecular formula is C19H21NO5. The van der Waals surface area contributed by atoms with Crippen molar-refractivity contribution in [2.45, 2.75) is 26.4 Å². The van der Waals surface area contributed by atoms with Crippen LogP contribution in [0.2, 0.25) is 0 Å². The van der Waals surface area contributed by atoms with Crippen LogP contribution in [-0.2, 0) is 9.47 Å². The molecule has 0 atom stereocenters. The third kappa shape index (κ3) is 5.84. The Balaban J connectivity index is 2.01. The molecule has 0 fully saturated rings. The smallest absolute Gasteiger partial charge is 0.412 e. The molecule has 0 aromatic heterocycles. The molecule has 25 heavy (non-hydrogen) atoms. The highest BCUT2D eigenvalue weighted by Crippen LogP contribution is 2.24. The molecule has 0 bridgehead atoms. The summed E-state index contributed by atoms with van der Waals surface area (Å²) >= 11 is 0. The fourth-order valence-electron chi connectivity index (χ4n) is 1.97. The molecule has 2 aromatic rings. The minimum absolute atomic E-state index is 0.406. The largest absolute Gasteiger partial charge is 0.465 e. The first-order valence-electron chi connectivity index (χ1n) is 7.73. The number of amides is 1. The fraction of sp³-hybridized carbons (Fsp3) is 0.263. The number of hydrogen-bond donors (Lipinski definition) is 1. The third-order valence-electron chi connectivity index (χ3n) is 2.99. The van der Waals surface area contributed by atoms with E-state index >= 15 is 0 Å². The second-order valence-corrected chi connectivity index (χ2v) is 6.27. The first-order valence-corrected chi connectivity index (χ1v) is 7.73. The number of ether oxygens (including phenoxy) is 3. The van der Waals surface area contributed by atoms with Crippen molar-refractivity contribution in [3.8, 4) is 11.5 Å². The number of benzene rings is 2. The standard InChI is InChI=1S/C19H21NO5/c1-19(2,3)25-18(22)20-14-8-10-15(11-9-14)24-16-7-5-6-13(12-16)17(21)23-4/h5-12H,1-4H3,(H,20,22). The average Bonchev–Trinajstić information content (AvgIpc) is 2.54. The van der Waals surface area contributed by atoms with Crippen LogP contribution in [0, 0.1) is 0 Å². The molecule has 0 heterocycles. The van der Waals surface area contributed by atoms with Crippen molar-refractivity contribution < 1.29 is 23.8 Å². The van der Waals surface area contributed by atoms with Crippen molar-refractivity contribution in [3.63, 3.8) is 0 Å². The van der Waals surface area contributed by atoms with E-state index in [9.17, 15) is 9.59 Å². The number of carbonyl (C=O) groups excluding carboxylic acids is 2. The van der Waals surface area contributed by atoms with E-state index < -0.39 is 17.7 Å². The lowest BCUT2D eigenvalue weighted by molar-refractivity contribution is 0.0598. The molecule has 2 aromatic carbocycles. The zero-order valence-corrected chi connectivity index (χ0v) is 14.7. The number of anilines is 1. The Morgan fingerprint density at radius 3 is 2.24 bits per heavy atom. The van der Waals surface area contributed by atoms with Crippen molar-refractivity contribution in [2.75, 3.05) is 12.4 Å². The number of rotatable bonds is 4. The molecule has 0 aliphatic carbocycles. The van der Waals surface area contributed by atoms with Gasteiger partial charge in [-0.2, -0.15) is 0 Å². The molecule has 0 aliphatic heterocycles. The first kappa shape index (κ1) is 18.3. The Morgan fingerprint density at radius 2 is 1.64 bits per heavy atom. The van der Waals surface area contributed by atoms with E-state index in [0.717, 1.165) is 0 Å². The minimum atomic E-state index is -0.558. The number of hydrogen-bond acceptors (Lipinski definition) is 5. The topological polar surface area (TPSA) is 73.9 Å². The van der Waals surface area contributed by atoms with E-state index in [2.05, 4.69) is 10.1 Å². The molecule has 0 aliphatic rings. The van der Waals surface area contributed by atoms with Gasteiger partial charge in [-0.3, -0.25) is 5.32 Å². The number of carbonyl (C=O) groups is 2. The van der Waals surface area contributed by atoms with Gasteiger partial charge in [0.1, 0.15) is 17.1 Å². The molecule has 1 amide bonds. The average molecular weight is 343 g/mol. The van der Waals surface area contributed by atoms with E-state index in [1.807, 2.05) is 0 Å². The molecular weight excluding hydrogens is 322 g/mol. The summed E-state index contributed by atoms with van der Waals surface area (Å²) in [6.45, 7) is 5.39. The van der Waals surface area contributed by atoms with Crippen LogP contribution in [0.25, 0.3) is 0 Å². The Hall–Kier alpha value is -3.02. The van der Waals surface area contributed by atoms with Crippen molar-refractivity contribution in [1.82, 2.24) is 0 Å². The van der Waals surface area contributed by atoms with Crippen LogP contribution in [0.4, 0.5) is 10.5 Å². The van der Waals surface area contributed by atoms with E-state index in [-0.39, 0.29) is 0 Å². The second kappa shape index (κ2) is 7.70. The zero-order chi connectivity index (χ0) is 18.4. The van der Waals surface area contributed by atoms with Crippen molar-refractivity contribution in [3.05, 3.63) is 54.1 Å². The van der Waals surface area contributed by atoms with Gasteiger partial charge in [-0.1, -0.05) is 6.07 Å². The molecule has 132 valence electrons. The maximum Gasteiger partial charge on any atom is 0.412 e. The van der Waals surface area contributed by atoms with Gasteiger partial charge in [-0.25, -0.2) is 9.59 Å². The summed E-state index contributed by atoms with van der Waals surface area (Å²) in [5.74, 6) is 0.648. The van der Waals surface area contributed by atoms with Crippen molar-refractivity contribution >= 4 is 17.7 Å². The van der Waals surface area contributed by atoms with Crippen LogP contribution >= 0.6 is 0 Å². The molecule has 0 saturated carbocycles. The summed E-state index contributed by atoms with van der Waals surface area (Å²) in [6, 6.07) is 13.5. The molecule has 0 spiro atoms. The quantitative estimate of drug-likeness (QED) is 0.821. The lowest BCUT2D eigenvalue weighted by Crippen LogP contribution is -2.27. The highest BCUT2D eigenvalue weighted by atomic mass is 16.6. The Bertz CT molecular complexity index is 747. The van der Waals surface area contributed by atoms with E-state index in [4.69, 9.17) is 9.47 Å². The second-order valence-electron chi connectivity index (χ2n) is 6.27. The predicted octanol–water partition coefficient (Wildman–Crippen LogP) is 4.61. The summed E-state index contributed by atoms with van der Waals surface area (Å²) in [5.41, 5.74) is 0.436. The van der Waals surface area contributed by atoms with Gasteiger partial charge in [0.05, 0.1) is 12.7 Å². The summed E-state index contributed by atoms with van der Waals surface area (Å²) < 4.78 is 15.6. The highest BCUT2D eigenvalue weighted by molar-refractivity contribution is 5.89. The molecule has 6 nitrogen and oxygen atoms in total. The van der Waals surface area contributed by atoms with Crippen LogP contribution in [0.1, 0.15) is 31.1 Å². The Morgan fingerprint density at radius 1 is 0.960 bits per heavy atom. The normalized spacial score (nSPS) is 10.7. The Labute approximate surface area is 146 Å². The maximum atomic E-state index is 11.7. The van der Waals surface area contributed by atoms with Gasteiger partial charge < -0.3 is 14.2 Å². The van der Waals surface area contributed by atoms with Crippen LogP contribution in [-0.4, -0.2) is 24.8 Å². The van der Waals surface area contributed by atoms with Gasteiger partial charge in [0, 0.05) is 5.69 Å². The van der Waals surface area contributed by atoms with E-state index in [1.165, 1.54) is 7.11 Å². The lowest BCUT2D eigenvalue weighted by atomic mass is 10.2. The summed E-state index contributed by atoms with van der Waals surface area (Å²) in [7, 11) is 1.33. The monoisotopic (exact) mass is 343 g/mol. The molecule has 6 heteroatoms. The Kier molecular flexibility index (Phi) is 5.64. The number of nitrogens with one attached hydrogen (secondary N) is 1. The molecule has 1 N–H and O–H groups in total. The van der Waals surface area contributed by atoms with Crippen LogP contribution in [0.5, 0.6) is 11.5 Å². The minimum Gasteiger partial charge on any atom is -0.465 e. The van der Waals surface area contributed by atoms with Crippen LogP contribution in [0.3, 0.4) is 0 Å². The van der Waals surface area contributed by atoms with Gasteiger partial charge in [0.25, 0.3) is 0 Å². The van der Waals surface area contributed by atoms with E-state index in [0.29, 0.717) is 22.7 Å². The number of esters is 1. The summed E-state index contributed by atoms with van der Waals surface area (Å²) in [5, 5.41) is 2.64. The van der Waals surface area contributed by atoms with Gasteiger partial charge in [-0.05, 0) is 63.2 Å². The van der Waals surface area contributed by atoms with Gasteiger partial charge >= 0.3 is 12.1 Å². The maximum absolute atomic E-state index is 11.7. The van der Waals surface area contributed by atoms with Gasteiger partial charge in [0.2, 0.25) is 0 Å². The number of methoxy groups -OCH3 is 1. The van der Waals surface area contributed by atoms with Crippen molar-refractivity contribution in [2.24, 2.45) is 0 Å². The SMILES string of the molecule is COC(=O)c1cccc(Oc2ccc(NC(=O)OC(C)(C)C)cc2)c1. The van der Waals surface area contributed by atoms with E-state index in [1.54, 1.807) is 69.3 Å². The molecule has 0 radical (unpaired) electrons. The van der Waals surface area contributed by atoms with Crippen molar-refractivity contribution in [1.29, 1.82) is 0 Å².